The molecule has 0 aliphatic rings. The number of ether oxygens (including phenoxy) is 2. The first-order valence-corrected chi connectivity index (χ1v) is 11.5. The van der Waals surface area contributed by atoms with E-state index < -0.39 is 54.7 Å². The van der Waals surface area contributed by atoms with Gasteiger partial charge in [0.15, 0.2) is 0 Å². The number of nitriles is 1. The van der Waals surface area contributed by atoms with Gasteiger partial charge in [-0.2, -0.15) is 5.26 Å². The van der Waals surface area contributed by atoms with Crippen LogP contribution in [-0.4, -0.2) is 60.6 Å². The van der Waals surface area contributed by atoms with E-state index in [0.717, 1.165) is 4.90 Å². The molecule has 3 atom stereocenters. The number of esters is 1. The largest absolute Gasteiger partial charge is 0.468 e. The molecule has 1 rings (SSSR count). The second kappa shape index (κ2) is 13.7. The number of rotatable bonds is 10. The Morgan fingerprint density at radius 1 is 1.19 bits per heavy atom. The Hall–Kier alpha value is -4.05. The van der Waals surface area contributed by atoms with Crippen LogP contribution in [0, 0.1) is 29.6 Å². The molecule has 0 radical (unpaired) electrons. The molecule has 36 heavy (non-hydrogen) atoms. The number of terminal acetylenes is 1. The number of methoxy groups -OCH3 is 1. The monoisotopic (exact) mass is 498 g/mol. The predicted molar refractivity (Wildman–Crippen MR) is 132 cm³/mol. The maximum absolute atomic E-state index is 13.8. The van der Waals surface area contributed by atoms with Gasteiger partial charge in [-0.05, 0) is 38.3 Å². The quantitative estimate of drug-likeness (QED) is 0.287. The summed E-state index contributed by atoms with van der Waals surface area (Å²) in [7, 11) is 1.17. The topological polar surface area (TPSA) is 138 Å². The van der Waals surface area contributed by atoms with E-state index in [-0.39, 0.29) is 11.5 Å². The van der Waals surface area contributed by atoms with E-state index in [4.69, 9.17) is 11.2 Å². The van der Waals surface area contributed by atoms with Crippen LogP contribution in [-0.2, 0) is 23.9 Å². The van der Waals surface area contributed by atoms with Gasteiger partial charge in [-0.1, -0.05) is 44.4 Å². The van der Waals surface area contributed by atoms with Gasteiger partial charge >= 0.3 is 12.1 Å². The van der Waals surface area contributed by atoms with Crippen molar-refractivity contribution in [1.29, 1.82) is 5.26 Å². The number of carbonyl (C=O) groups excluding carboxylic acids is 4. The molecule has 1 aromatic carbocycles. The SMILES string of the molecule is C#Cc1ccccc1C(C(=O)NCC(=O)OC)N(CC#N)C(=O)C(NC(=O)OC(C)(C)C)C(C)CC. The number of nitrogens with one attached hydrogen (secondary N) is 2. The molecule has 194 valence electrons. The lowest BCUT2D eigenvalue weighted by Crippen LogP contribution is -2.55. The van der Waals surface area contributed by atoms with Crippen LogP contribution in [0.1, 0.15) is 58.2 Å². The summed E-state index contributed by atoms with van der Waals surface area (Å²) in [4.78, 5) is 52.4. The fraction of sp³-hybridized carbons (Fsp3) is 0.500. The molecule has 0 aromatic heterocycles. The summed E-state index contributed by atoms with van der Waals surface area (Å²) in [5, 5.41) is 14.6. The van der Waals surface area contributed by atoms with E-state index in [1.54, 1.807) is 52.0 Å². The molecule has 0 saturated carbocycles. The van der Waals surface area contributed by atoms with Crippen LogP contribution in [0.5, 0.6) is 0 Å². The third-order valence-electron chi connectivity index (χ3n) is 5.28. The van der Waals surface area contributed by atoms with E-state index >= 15 is 0 Å². The highest BCUT2D eigenvalue weighted by atomic mass is 16.6. The van der Waals surface area contributed by atoms with Gasteiger partial charge in [0.25, 0.3) is 0 Å². The first-order chi connectivity index (χ1) is 16.9. The molecule has 10 heteroatoms. The van der Waals surface area contributed by atoms with E-state index in [9.17, 15) is 24.4 Å². The average molecular weight is 499 g/mol. The van der Waals surface area contributed by atoms with Crippen LogP contribution in [0.4, 0.5) is 4.79 Å². The number of nitrogens with zero attached hydrogens (tertiary/aromatic N) is 2. The fourth-order valence-corrected chi connectivity index (χ4v) is 3.31. The smallest absolute Gasteiger partial charge is 0.408 e. The Morgan fingerprint density at radius 3 is 2.36 bits per heavy atom. The Kier molecular flexibility index (Phi) is 11.4. The van der Waals surface area contributed by atoms with Crippen LogP contribution in [0.15, 0.2) is 24.3 Å². The highest BCUT2D eigenvalue weighted by Gasteiger charge is 2.38. The first-order valence-electron chi connectivity index (χ1n) is 11.5. The van der Waals surface area contributed by atoms with Crippen LogP contribution >= 0.6 is 0 Å². The van der Waals surface area contributed by atoms with Gasteiger partial charge in [0, 0.05) is 5.56 Å². The van der Waals surface area contributed by atoms with E-state index in [0.29, 0.717) is 12.0 Å². The highest BCUT2D eigenvalue weighted by Crippen LogP contribution is 2.27. The Morgan fingerprint density at radius 2 is 1.83 bits per heavy atom. The van der Waals surface area contributed by atoms with Crippen molar-refractivity contribution < 1.29 is 28.7 Å². The second-order valence-electron chi connectivity index (χ2n) is 9.06. The molecule has 0 aliphatic carbocycles. The minimum Gasteiger partial charge on any atom is -0.468 e. The van der Waals surface area contributed by atoms with Crippen molar-refractivity contribution in [3.8, 4) is 18.4 Å². The minimum atomic E-state index is -1.36. The van der Waals surface area contributed by atoms with Crippen molar-refractivity contribution in [3.63, 3.8) is 0 Å². The maximum Gasteiger partial charge on any atom is 0.408 e. The average Bonchev–Trinajstić information content (AvgIpc) is 2.83. The van der Waals surface area contributed by atoms with E-state index in [1.807, 2.05) is 13.0 Å². The molecular formula is C26H34N4O6. The van der Waals surface area contributed by atoms with E-state index in [2.05, 4.69) is 21.3 Å². The Bertz CT molecular complexity index is 1030. The number of carbonyl (C=O) groups is 4. The summed E-state index contributed by atoms with van der Waals surface area (Å²) < 4.78 is 9.89. The molecule has 0 heterocycles. The summed E-state index contributed by atoms with van der Waals surface area (Å²) in [5.41, 5.74) is -0.195. The maximum atomic E-state index is 13.8. The minimum absolute atomic E-state index is 0.283. The van der Waals surface area contributed by atoms with Crippen molar-refractivity contribution in [2.75, 3.05) is 20.2 Å². The predicted octanol–water partition coefficient (Wildman–Crippen LogP) is 2.29. The molecule has 0 bridgehead atoms. The van der Waals surface area contributed by atoms with Crippen LogP contribution in [0.25, 0.3) is 0 Å². The van der Waals surface area contributed by atoms with Gasteiger partial charge in [0.05, 0.1) is 13.2 Å². The zero-order chi connectivity index (χ0) is 27.5. The van der Waals surface area contributed by atoms with Crippen LogP contribution < -0.4 is 10.6 Å². The lowest BCUT2D eigenvalue weighted by molar-refractivity contribution is -0.144. The summed E-state index contributed by atoms with van der Waals surface area (Å²) in [6.07, 6.45) is 5.33. The highest BCUT2D eigenvalue weighted by molar-refractivity contribution is 5.93. The molecule has 0 fully saturated rings. The van der Waals surface area contributed by atoms with Crippen molar-refractivity contribution in [3.05, 3.63) is 35.4 Å². The van der Waals surface area contributed by atoms with Crippen molar-refractivity contribution in [2.45, 2.75) is 58.7 Å². The third-order valence-corrected chi connectivity index (χ3v) is 5.28. The number of alkyl carbamates (subject to hydrolysis) is 1. The molecule has 3 amide bonds. The molecule has 3 unspecified atom stereocenters. The Labute approximate surface area is 212 Å². The summed E-state index contributed by atoms with van der Waals surface area (Å²) >= 11 is 0. The number of hydrogen-bond donors (Lipinski definition) is 2. The zero-order valence-electron chi connectivity index (χ0n) is 21.6. The number of amides is 3. The standard InChI is InChI=1S/C26H34N4O6/c1-8-17(3)21(29-25(34)36-26(4,5)6)24(33)30(15-14-27)22(23(32)28-16-20(31)35-7)19-13-11-10-12-18(19)9-2/h2,10-13,17,21-22H,8,15-16H2,1,3-7H3,(H,28,32)(H,29,34). The second-order valence-corrected chi connectivity index (χ2v) is 9.06. The van der Waals surface area contributed by atoms with Crippen LogP contribution in [0.3, 0.4) is 0 Å². The fourth-order valence-electron chi connectivity index (χ4n) is 3.31. The van der Waals surface area contributed by atoms with E-state index in [1.165, 1.54) is 7.11 Å². The Balaban J connectivity index is 3.55. The third kappa shape index (κ3) is 8.62. The number of benzene rings is 1. The van der Waals surface area contributed by atoms with Gasteiger partial charge in [0.1, 0.15) is 30.8 Å². The lowest BCUT2D eigenvalue weighted by atomic mass is 9.94. The molecule has 0 aliphatic heterocycles. The van der Waals surface area contributed by atoms with Gasteiger partial charge < -0.3 is 25.0 Å². The summed E-state index contributed by atoms with van der Waals surface area (Å²) in [5.74, 6) is -0.00796. The molecular weight excluding hydrogens is 464 g/mol. The van der Waals surface area contributed by atoms with Crippen LogP contribution in [0.2, 0.25) is 0 Å². The van der Waals surface area contributed by atoms with Gasteiger partial charge in [-0.15, -0.1) is 6.42 Å². The molecule has 2 N–H and O–H groups in total. The first kappa shape index (κ1) is 30.0. The zero-order valence-corrected chi connectivity index (χ0v) is 21.6. The van der Waals surface area contributed by atoms with Crippen molar-refractivity contribution >= 4 is 23.9 Å². The molecule has 0 spiro atoms. The summed E-state index contributed by atoms with van der Waals surface area (Å²) in [6, 6.07) is 5.91. The number of hydrogen-bond acceptors (Lipinski definition) is 7. The molecule has 1 aromatic rings. The summed E-state index contributed by atoms with van der Waals surface area (Å²) in [6.45, 7) is 7.71. The lowest BCUT2D eigenvalue weighted by Gasteiger charge is -2.35. The van der Waals surface area contributed by atoms with Crippen molar-refractivity contribution in [1.82, 2.24) is 15.5 Å². The van der Waals surface area contributed by atoms with Gasteiger partial charge in [-0.25, -0.2) is 4.79 Å². The molecule has 10 nitrogen and oxygen atoms in total. The van der Waals surface area contributed by atoms with Crippen molar-refractivity contribution in [2.24, 2.45) is 5.92 Å². The molecule has 0 saturated heterocycles. The van der Waals surface area contributed by atoms with Gasteiger partial charge in [-0.3, -0.25) is 14.4 Å². The van der Waals surface area contributed by atoms with Gasteiger partial charge in [0.2, 0.25) is 11.8 Å². The normalized spacial score (nSPS) is 13.1.